The number of carbonyl (C=O) groups excluding carboxylic acids is 1. The van der Waals surface area contributed by atoms with E-state index >= 15 is 0 Å². The highest BCUT2D eigenvalue weighted by Crippen LogP contribution is 2.34. The van der Waals surface area contributed by atoms with Crippen LogP contribution in [0.5, 0.6) is 0 Å². The largest absolute Gasteiger partial charge is 0.276 e. The minimum absolute atomic E-state index is 0.331. The summed E-state index contributed by atoms with van der Waals surface area (Å²) in [5.74, 6) is 1.67. The third-order valence-electron chi connectivity index (χ3n) is 6.42. The Morgan fingerprint density at radius 1 is 0.821 bits per heavy atom. The van der Waals surface area contributed by atoms with Gasteiger partial charge in [0.1, 0.15) is 0 Å². The van der Waals surface area contributed by atoms with Crippen molar-refractivity contribution in [3.8, 4) is 0 Å². The van der Waals surface area contributed by atoms with Crippen molar-refractivity contribution < 1.29 is 4.79 Å². The molecule has 1 aliphatic rings. The molecule has 3 rings (SSSR count). The van der Waals surface area contributed by atoms with E-state index in [-0.39, 0.29) is 5.24 Å². The maximum atomic E-state index is 11.6. The molecule has 1 nitrogen and oxygen atoms in total. The Bertz CT molecular complexity index is 741. The smallest absolute Gasteiger partial charge is 0.252 e. The first kappa shape index (κ1) is 21.1. The van der Waals surface area contributed by atoms with Crippen molar-refractivity contribution in [1.82, 2.24) is 0 Å². The van der Waals surface area contributed by atoms with Gasteiger partial charge in [-0.3, -0.25) is 4.79 Å². The molecule has 1 saturated carbocycles. The van der Waals surface area contributed by atoms with Crippen LogP contribution in [0.4, 0.5) is 0 Å². The zero-order valence-corrected chi connectivity index (χ0v) is 17.9. The normalized spacial score (nSPS) is 19.5. The molecule has 1 aliphatic carbocycles. The van der Waals surface area contributed by atoms with Gasteiger partial charge in [0.25, 0.3) is 5.24 Å². The molecule has 0 spiro atoms. The molecule has 2 aromatic rings. The van der Waals surface area contributed by atoms with E-state index in [0.29, 0.717) is 5.56 Å². The highest BCUT2D eigenvalue weighted by Gasteiger charge is 2.21. The number of carbonyl (C=O) groups is 1. The monoisotopic (exact) mass is 396 g/mol. The Morgan fingerprint density at radius 3 is 1.93 bits per heavy atom. The molecule has 0 N–H and O–H groups in total. The van der Waals surface area contributed by atoms with E-state index in [4.69, 9.17) is 11.6 Å². The molecule has 0 heterocycles. The Balaban J connectivity index is 1.39. The van der Waals surface area contributed by atoms with Crippen LogP contribution in [0.3, 0.4) is 0 Å². The molecular weight excluding hydrogens is 364 g/mol. The third kappa shape index (κ3) is 6.21. The summed E-state index contributed by atoms with van der Waals surface area (Å²) in [6, 6.07) is 17.0. The molecule has 0 bridgehead atoms. The lowest BCUT2D eigenvalue weighted by Gasteiger charge is -2.28. The minimum Gasteiger partial charge on any atom is -0.276 e. The highest BCUT2D eigenvalue weighted by molar-refractivity contribution is 6.67. The first-order valence-electron chi connectivity index (χ1n) is 11.0. The van der Waals surface area contributed by atoms with Gasteiger partial charge in [0, 0.05) is 5.56 Å². The summed E-state index contributed by atoms with van der Waals surface area (Å²) in [6.45, 7) is 2.24. The lowest BCUT2D eigenvalue weighted by atomic mass is 9.77. The van der Waals surface area contributed by atoms with E-state index in [1.54, 1.807) is 0 Å². The van der Waals surface area contributed by atoms with E-state index in [9.17, 15) is 4.79 Å². The molecule has 1 fully saturated rings. The Morgan fingerprint density at radius 2 is 1.36 bits per heavy atom. The number of hydrogen-bond donors (Lipinski definition) is 0. The predicted octanol–water partition coefficient (Wildman–Crippen LogP) is 7.39. The molecule has 2 aromatic carbocycles. The lowest BCUT2D eigenvalue weighted by molar-refractivity contribution is 0.108. The molecule has 150 valence electrons. The van der Waals surface area contributed by atoms with Crippen LogP contribution in [0.1, 0.15) is 78.9 Å². The number of benzene rings is 2. The third-order valence-corrected chi connectivity index (χ3v) is 6.62. The minimum atomic E-state index is -0.331. The fourth-order valence-corrected chi connectivity index (χ4v) is 4.81. The first-order valence-corrected chi connectivity index (χ1v) is 11.4. The van der Waals surface area contributed by atoms with E-state index in [1.807, 2.05) is 24.3 Å². The molecule has 0 unspecified atom stereocenters. The van der Waals surface area contributed by atoms with Crippen LogP contribution >= 0.6 is 11.6 Å². The van der Waals surface area contributed by atoms with Gasteiger partial charge in [-0.05, 0) is 78.3 Å². The van der Waals surface area contributed by atoms with Gasteiger partial charge in [-0.25, -0.2) is 0 Å². The summed E-state index contributed by atoms with van der Waals surface area (Å²) < 4.78 is 0. The van der Waals surface area contributed by atoms with Crippen molar-refractivity contribution in [1.29, 1.82) is 0 Å². The summed E-state index contributed by atoms with van der Waals surface area (Å²) in [6.07, 6.45) is 12.5. The number of hydrogen-bond acceptors (Lipinski definition) is 1. The zero-order chi connectivity index (χ0) is 19.8. The quantitative estimate of drug-likeness (QED) is 0.404. The second-order valence-electron chi connectivity index (χ2n) is 8.46. The Hall–Kier alpha value is -1.60. The molecule has 0 saturated heterocycles. The van der Waals surface area contributed by atoms with E-state index in [2.05, 4.69) is 31.2 Å². The van der Waals surface area contributed by atoms with Crippen molar-refractivity contribution in [2.45, 2.75) is 71.1 Å². The van der Waals surface area contributed by atoms with E-state index < -0.39 is 0 Å². The van der Waals surface area contributed by atoms with Crippen molar-refractivity contribution in [2.24, 2.45) is 11.8 Å². The van der Waals surface area contributed by atoms with Crippen LogP contribution in [-0.2, 0) is 19.3 Å². The van der Waals surface area contributed by atoms with E-state index in [1.165, 1.54) is 68.9 Å². The van der Waals surface area contributed by atoms with Crippen LogP contribution in [0.15, 0.2) is 48.5 Å². The van der Waals surface area contributed by atoms with Crippen molar-refractivity contribution >= 4 is 16.8 Å². The lowest BCUT2D eigenvalue weighted by Crippen LogP contribution is -2.16. The van der Waals surface area contributed by atoms with Gasteiger partial charge >= 0.3 is 0 Å². The molecular formula is C26H33ClO. The summed E-state index contributed by atoms with van der Waals surface area (Å²) in [4.78, 5) is 11.6. The molecule has 28 heavy (non-hydrogen) atoms. The maximum absolute atomic E-state index is 11.6. The molecule has 0 atom stereocenters. The maximum Gasteiger partial charge on any atom is 0.252 e. The average molecular weight is 397 g/mol. The molecule has 2 heteroatoms. The summed E-state index contributed by atoms with van der Waals surface area (Å²) in [5, 5.41) is -0.331. The average Bonchev–Trinajstić information content (AvgIpc) is 2.73. The van der Waals surface area contributed by atoms with Crippen molar-refractivity contribution in [2.75, 3.05) is 0 Å². The number of rotatable bonds is 9. The standard InChI is InChI=1S/C26H33ClO/c1-2-5-20-8-10-21(11-9-20)12-13-22-14-16-23(17-15-22)18-19-24-6-3-4-7-25(24)26(27)28/h3-4,6-11,22-23H,2,5,12-19H2,1H3. The zero-order valence-electron chi connectivity index (χ0n) is 17.1. The fraction of sp³-hybridized carbons (Fsp3) is 0.500. The Kier molecular flexibility index (Phi) is 8.15. The van der Waals surface area contributed by atoms with Crippen molar-refractivity contribution in [3.63, 3.8) is 0 Å². The molecule has 0 aromatic heterocycles. The highest BCUT2D eigenvalue weighted by atomic mass is 35.5. The SMILES string of the molecule is CCCc1ccc(CCC2CCC(CCc3ccccc3C(=O)Cl)CC2)cc1. The molecule has 0 amide bonds. The van der Waals surface area contributed by atoms with Crippen LogP contribution in [0.2, 0.25) is 0 Å². The summed E-state index contributed by atoms with van der Waals surface area (Å²) in [7, 11) is 0. The van der Waals surface area contributed by atoms with E-state index in [0.717, 1.165) is 23.8 Å². The first-order chi connectivity index (χ1) is 13.7. The Labute approximate surface area is 175 Å². The second kappa shape index (κ2) is 10.8. The van der Waals surface area contributed by atoms with Crippen LogP contribution in [0, 0.1) is 11.8 Å². The topological polar surface area (TPSA) is 17.1 Å². The summed E-state index contributed by atoms with van der Waals surface area (Å²) in [5.41, 5.74) is 4.74. The van der Waals surface area contributed by atoms with Gasteiger partial charge in [-0.1, -0.05) is 81.5 Å². The van der Waals surface area contributed by atoms with Gasteiger partial charge in [-0.15, -0.1) is 0 Å². The van der Waals surface area contributed by atoms with Gasteiger partial charge in [0.05, 0.1) is 0 Å². The van der Waals surface area contributed by atoms with Gasteiger partial charge in [-0.2, -0.15) is 0 Å². The van der Waals surface area contributed by atoms with Crippen LogP contribution < -0.4 is 0 Å². The van der Waals surface area contributed by atoms with Gasteiger partial charge in [0.15, 0.2) is 0 Å². The molecule has 0 radical (unpaired) electrons. The number of aryl methyl sites for hydroxylation is 3. The number of halogens is 1. The van der Waals surface area contributed by atoms with Crippen LogP contribution in [-0.4, -0.2) is 5.24 Å². The molecule has 0 aliphatic heterocycles. The summed E-state index contributed by atoms with van der Waals surface area (Å²) >= 11 is 5.72. The fourth-order valence-electron chi connectivity index (χ4n) is 4.63. The van der Waals surface area contributed by atoms with Crippen molar-refractivity contribution in [3.05, 3.63) is 70.8 Å². The van der Waals surface area contributed by atoms with Gasteiger partial charge < -0.3 is 0 Å². The second-order valence-corrected chi connectivity index (χ2v) is 8.80. The van der Waals surface area contributed by atoms with Crippen LogP contribution in [0.25, 0.3) is 0 Å². The predicted molar refractivity (Wildman–Crippen MR) is 119 cm³/mol. The van der Waals surface area contributed by atoms with Gasteiger partial charge in [0.2, 0.25) is 0 Å².